The molecule has 3 heteroatoms. The molecule has 1 N–H and O–H groups in total. The number of nitrogens with one attached hydrogen (secondary N) is 1. The molecule has 1 nitrogen and oxygen atoms in total. The van der Waals surface area contributed by atoms with Gasteiger partial charge in [0.15, 0.2) is 0 Å². The Hall–Kier alpha value is 0.0200. The van der Waals surface area contributed by atoms with Crippen LogP contribution in [-0.2, 0) is 0 Å². The Bertz CT molecular complexity index is 87.2. The van der Waals surface area contributed by atoms with Crippen LogP contribution in [0.1, 0.15) is 0 Å². The largest absolute Gasteiger partial charge is 0.310 e. The summed E-state index contributed by atoms with van der Waals surface area (Å²) in [7, 11) is 0. The number of hydrogen-bond donors (Lipinski definition) is 1. The lowest BCUT2D eigenvalue weighted by atomic mass is 10.5. The molecule has 0 saturated carbocycles. The zero-order chi connectivity index (χ0) is 6.95. The second-order valence-corrected chi connectivity index (χ2v) is 1.89. The first-order chi connectivity index (χ1) is 4.41. The summed E-state index contributed by atoms with van der Waals surface area (Å²) in [4.78, 5) is 0. The van der Waals surface area contributed by atoms with Crippen LogP contribution in [0.4, 0.5) is 0 Å². The van der Waals surface area contributed by atoms with Crippen molar-refractivity contribution < 1.29 is 0 Å². The number of rotatable bonds is 4. The van der Waals surface area contributed by atoms with Gasteiger partial charge in [-0.05, 0) is 0 Å². The van der Waals surface area contributed by atoms with E-state index in [2.05, 4.69) is 5.32 Å². The number of hydrogen-bond acceptors (Lipinski definition) is 1. The molecule has 0 rings (SSSR count). The molecule has 0 saturated heterocycles. The fourth-order valence-electron chi connectivity index (χ4n) is 0.339. The molecule has 0 amide bonds. The van der Waals surface area contributed by atoms with E-state index < -0.39 is 0 Å². The Kier molecular flexibility index (Phi) is 8.04. The third-order valence-corrected chi connectivity index (χ3v) is 1.06. The molecule has 0 fully saturated rings. The molecule has 0 aromatic carbocycles. The van der Waals surface area contributed by atoms with Crippen molar-refractivity contribution in [1.29, 1.82) is 0 Å². The molecule has 0 heterocycles. The molecule has 0 aromatic heterocycles. The second-order valence-electron chi connectivity index (χ2n) is 1.38. The van der Waals surface area contributed by atoms with E-state index in [0.29, 0.717) is 0 Å². The minimum absolute atomic E-state index is 0.782. The maximum Gasteiger partial charge on any atom is 0.0149 e. The Morgan fingerprint density at radius 1 is 1.00 bits per heavy atom. The van der Waals surface area contributed by atoms with Crippen LogP contribution in [0.5, 0.6) is 0 Å². The Morgan fingerprint density at radius 3 is 1.78 bits per heavy atom. The van der Waals surface area contributed by atoms with Crippen LogP contribution in [0.15, 0.2) is 23.2 Å². The summed E-state index contributed by atoms with van der Waals surface area (Å²) in [5.41, 5.74) is 2.97. The van der Waals surface area contributed by atoms with Gasteiger partial charge < -0.3 is 5.32 Å². The van der Waals surface area contributed by atoms with Crippen LogP contribution in [-0.4, -0.2) is 13.1 Å². The minimum atomic E-state index is 0.782. The van der Waals surface area contributed by atoms with Crippen molar-refractivity contribution in [3.63, 3.8) is 0 Å². The van der Waals surface area contributed by atoms with Crippen molar-refractivity contribution in [2.45, 2.75) is 0 Å². The molecule has 0 aliphatic carbocycles. The van der Waals surface area contributed by atoms with Crippen molar-refractivity contribution in [3.05, 3.63) is 23.2 Å². The van der Waals surface area contributed by atoms with Crippen LogP contribution >= 0.6 is 23.2 Å². The van der Waals surface area contributed by atoms with Gasteiger partial charge in [-0.3, -0.25) is 0 Å². The summed E-state index contributed by atoms with van der Waals surface area (Å²) in [5, 5.41) is 3.04. The van der Waals surface area contributed by atoms with Crippen molar-refractivity contribution in [2.75, 3.05) is 13.1 Å². The van der Waals surface area contributed by atoms with Crippen LogP contribution in [0.3, 0.4) is 0 Å². The van der Waals surface area contributed by atoms with Gasteiger partial charge >= 0.3 is 0 Å². The van der Waals surface area contributed by atoms with E-state index in [9.17, 15) is 0 Å². The average molecular weight is 166 g/mol. The fourth-order valence-corrected chi connectivity index (χ4v) is 0.517. The van der Waals surface area contributed by atoms with Crippen molar-refractivity contribution >= 4 is 23.2 Å². The fraction of sp³-hybridized carbons (Fsp3) is 0.333. The van der Waals surface area contributed by atoms with Gasteiger partial charge in [-0.1, -0.05) is 35.4 Å². The predicted molar refractivity (Wildman–Crippen MR) is 42.9 cm³/mol. The van der Waals surface area contributed by atoms with E-state index in [1.807, 2.05) is 12.2 Å². The van der Waals surface area contributed by atoms with Crippen LogP contribution in [0.25, 0.3) is 0 Å². The lowest BCUT2D eigenvalue weighted by molar-refractivity contribution is 0.844. The highest BCUT2D eigenvalue weighted by Crippen LogP contribution is 1.77. The van der Waals surface area contributed by atoms with Crippen LogP contribution < -0.4 is 5.32 Å². The molecule has 0 aliphatic rings. The molecule has 0 bridgehead atoms. The van der Waals surface area contributed by atoms with Gasteiger partial charge in [-0.15, -0.1) is 0 Å². The third kappa shape index (κ3) is 8.02. The van der Waals surface area contributed by atoms with Crippen molar-refractivity contribution in [3.8, 4) is 0 Å². The lowest BCUT2D eigenvalue weighted by Gasteiger charge is -1.91. The first-order valence-electron chi connectivity index (χ1n) is 2.63. The highest BCUT2D eigenvalue weighted by atomic mass is 35.5. The predicted octanol–water partition coefficient (Wildman–Crippen LogP) is 2.08. The van der Waals surface area contributed by atoms with Gasteiger partial charge in [-0.2, -0.15) is 0 Å². The summed E-state index contributed by atoms with van der Waals surface area (Å²) in [5.74, 6) is 0. The van der Waals surface area contributed by atoms with Gasteiger partial charge in [0.25, 0.3) is 0 Å². The van der Waals surface area contributed by atoms with Gasteiger partial charge in [-0.25, -0.2) is 0 Å². The van der Waals surface area contributed by atoms with E-state index in [0.717, 1.165) is 13.1 Å². The summed E-state index contributed by atoms with van der Waals surface area (Å²) < 4.78 is 0. The SMILES string of the molecule is Cl/C=C\CNC/C=C\Cl. The van der Waals surface area contributed by atoms with E-state index >= 15 is 0 Å². The van der Waals surface area contributed by atoms with Gasteiger partial charge in [0, 0.05) is 24.2 Å². The zero-order valence-electron chi connectivity index (χ0n) is 4.98. The molecular weight excluding hydrogens is 157 g/mol. The molecule has 0 radical (unpaired) electrons. The first kappa shape index (κ1) is 9.02. The molecule has 0 unspecified atom stereocenters. The first-order valence-corrected chi connectivity index (χ1v) is 3.50. The topological polar surface area (TPSA) is 12.0 Å². The van der Waals surface area contributed by atoms with Gasteiger partial charge in [0.05, 0.1) is 0 Å². The maximum absolute atomic E-state index is 5.25. The summed E-state index contributed by atoms with van der Waals surface area (Å²) in [6.45, 7) is 1.56. The Labute approximate surface area is 65.3 Å². The normalized spacial score (nSPS) is 11.8. The second kappa shape index (κ2) is 8.02. The molecule has 0 aromatic rings. The summed E-state index contributed by atoms with van der Waals surface area (Å²) in [6.07, 6.45) is 3.65. The highest BCUT2D eigenvalue weighted by Gasteiger charge is 1.73. The highest BCUT2D eigenvalue weighted by molar-refractivity contribution is 6.25. The van der Waals surface area contributed by atoms with Gasteiger partial charge in [0.1, 0.15) is 0 Å². The summed E-state index contributed by atoms with van der Waals surface area (Å²) in [6, 6.07) is 0. The molecule has 52 valence electrons. The van der Waals surface area contributed by atoms with E-state index in [1.54, 1.807) is 0 Å². The number of halogens is 2. The Morgan fingerprint density at radius 2 is 1.44 bits per heavy atom. The van der Waals surface area contributed by atoms with Gasteiger partial charge in [0.2, 0.25) is 0 Å². The van der Waals surface area contributed by atoms with E-state index in [1.165, 1.54) is 11.1 Å². The molecule has 0 aliphatic heterocycles. The lowest BCUT2D eigenvalue weighted by Crippen LogP contribution is -2.12. The van der Waals surface area contributed by atoms with Crippen molar-refractivity contribution in [2.24, 2.45) is 0 Å². The van der Waals surface area contributed by atoms with Crippen LogP contribution in [0, 0.1) is 0 Å². The zero-order valence-corrected chi connectivity index (χ0v) is 6.49. The van der Waals surface area contributed by atoms with Crippen LogP contribution in [0.2, 0.25) is 0 Å². The average Bonchev–Trinajstić information content (AvgIpc) is 1.89. The quantitative estimate of drug-likeness (QED) is 0.630. The standard InChI is InChI=1S/C6H9Cl2N/c7-3-1-5-9-6-2-4-8/h1-4,9H,5-6H2/b3-1-,4-2-. The Balaban J connectivity index is 2.91. The molecule has 9 heavy (non-hydrogen) atoms. The molecule has 0 spiro atoms. The monoisotopic (exact) mass is 165 g/mol. The van der Waals surface area contributed by atoms with E-state index in [4.69, 9.17) is 23.2 Å². The third-order valence-electron chi connectivity index (χ3n) is 0.703. The van der Waals surface area contributed by atoms with Crippen molar-refractivity contribution in [1.82, 2.24) is 5.32 Å². The minimum Gasteiger partial charge on any atom is -0.310 e. The maximum atomic E-state index is 5.25. The smallest absolute Gasteiger partial charge is 0.0149 e. The molecular formula is C6H9Cl2N. The molecule has 0 atom stereocenters. The summed E-state index contributed by atoms with van der Waals surface area (Å²) >= 11 is 10.5. The van der Waals surface area contributed by atoms with E-state index in [-0.39, 0.29) is 0 Å².